The first-order valence-electron chi connectivity index (χ1n) is 6.91. The molecule has 0 radical (unpaired) electrons. The summed E-state index contributed by atoms with van der Waals surface area (Å²) in [4.78, 5) is 15.4. The third-order valence-corrected chi connectivity index (χ3v) is 3.29. The number of benzene rings is 2. The number of aliphatic carboxylic acids is 1. The number of phenols is 2. The molecule has 0 fully saturated rings. The van der Waals surface area contributed by atoms with Crippen LogP contribution in [0.4, 0.5) is 0 Å². The summed E-state index contributed by atoms with van der Waals surface area (Å²) in [6, 6.07) is 10.2. The predicted molar refractivity (Wildman–Crippen MR) is 85.5 cm³/mol. The van der Waals surface area contributed by atoms with Crippen LogP contribution in [0.5, 0.6) is 17.2 Å². The fourth-order valence-electron chi connectivity index (χ4n) is 2.04. The van der Waals surface area contributed by atoms with Crippen molar-refractivity contribution in [3.63, 3.8) is 0 Å². The van der Waals surface area contributed by atoms with Crippen LogP contribution in [0.25, 0.3) is 0 Å². The van der Waals surface area contributed by atoms with Crippen LogP contribution in [0.3, 0.4) is 0 Å². The van der Waals surface area contributed by atoms with E-state index in [1.165, 1.54) is 25.5 Å². The van der Waals surface area contributed by atoms with E-state index in [0.29, 0.717) is 11.3 Å². The number of aromatic hydroxyl groups is 2. The monoisotopic (exact) mass is 315 g/mol. The second-order valence-corrected chi connectivity index (χ2v) is 4.90. The number of hydrogen-bond donors (Lipinski definition) is 3. The number of phenolic OH excluding ortho intramolecular Hbond substituents is 2. The van der Waals surface area contributed by atoms with E-state index in [2.05, 4.69) is 4.99 Å². The van der Waals surface area contributed by atoms with Gasteiger partial charge in [0.25, 0.3) is 0 Å². The molecule has 0 bridgehead atoms. The molecule has 0 aromatic heterocycles. The number of carboxylic acids is 1. The summed E-state index contributed by atoms with van der Waals surface area (Å²) in [6.07, 6.45) is 1.49. The minimum Gasteiger partial charge on any atom is -0.508 e. The Bertz CT molecular complexity index is 709. The quantitative estimate of drug-likeness (QED) is 0.710. The lowest BCUT2D eigenvalue weighted by Gasteiger charge is -2.09. The van der Waals surface area contributed by atoms with E-state index in [0.717, 1.165) is 5.56 Å². The summed E-state index contributed by atoms with van der Waals surface area (Å²) in [5, 5.41) is 28.5. The number of aliphatic imine (C=N–C) groups is 1. The molecule has 1 atom stereocenters. The molecular formula is C17H17NO5. The Labute approximate surface area is 133 Å². The highest BCUT2D eigenvalue weighted by Gasteiger charge is 2.16. The molecule has 23 heavy (non-hydrogen) atoms. The summed E-state index contributed by atoms with van der Waals surface area (Å²) in [5.74, 6) is -0.756. The van der Waals surface area contributed by atoms with Gasteiger partial charge >= 0.3 is 5.97 Å². The van der Waals surface area contributed by atoms with Gasteiger partial charge in [-0.3, -0.25) is 4.99 Å². The number of methoxy groups -OCH3 is 1. The number of para-hydroxylation sites is 1. The number of hydrogen-bond acceptors (Lipinski definition) is 5. The molecule has 0 aliphatic heterocycles. The van der Waals surface area contributed by atoms with Gasteiger partial charge in [0, 0.05) is 18.2 Å². The highest BCUT2D eigenvalue weighted by atomic mass is 16.5. The van der Waals surface area contributed by atoms with Crippen LogP contribution in [0.2, 0.25) is 0 Å². The average molecular weight is 315 g/mol. The average Bonchev–Trinajstić information content (AvgIpc) is 2.54. The molecule has 6 heteroatoms. The Kier molecular flexibility index (Phi) is 5.19. The Morgan fingerprint density at radius 2 is 1.91 bits per heavy atom. The first kappa shape index (κ1) is 16.4. The van der Waals surface area contributed by atoms with Crippen LogP contribution in [0.1, 0.15) is 11.1 Å². The second kappa shape index (κ2) is 7.31. The van der Waals surface area contributed by atoms with Crippen molar-refractivity contribution >= 4 is 12.2 Å². The van der Waals surface area contributed by atoms with Crippen LogP contribution in [0.15, 0.2) is 47.5 Å². The standard InChI is InChI=1S/C17H17NO5/c1-23-15-4-2-3-12(16(15)20)10-18-14(17(21)22)9-11-5-7-13(19)8-6-11/h2-8,10,14,19-20H,9H2,1H3,(H,21,22)/t14-/m1/s1. The lowest BCUT2D eigenvalue weighted by atomic mass is 10.1. The minimum absolute atomic E-state index is 0.0903. The molecule has 0 amide bonds. The van der Waals surface area contributed by atoms with E-state index in [9.17, 15) is 20.1 Å². The van der Waals surface area contributed by atoms with Crippen LogP contribution in [-0.2, 0) is 11.2 Å². The number of ether oxygens (including phenoxy) is 1. The summed E-state index contributed by atoms with van der Waals surface area (Å²) in [7, 11) is 1.43. The Morgan fingerprint density at radius 3 is 2.52 bits per heavy atom. The summed E-state index contributed by atoms with van der Waals surface area (Å²) < 4.78 is 5.00. The van der Waals surface area contributed by atoms with E-state index in [-0.39, 0.29) is 17.9 Å². The maximum atomic E-state index is 11.3. The Morgan fingerprint density at radius 1 is 1.22 bits per heavy atom. The molecule has 0 heterocycles. The first-order chi connectivity index (χ1) is 11.0. The topological polar surface area (TPSA) is 99.4 Å². The zero-order valence-corrected chi connectivity index (χ0v) is 12.5. The van der Waals surface area contributed by atoms with Gasteiger partial charge in [0.1, 0.15) is 5.75 Å². The van der Waals surface area contributed by atoms with Crippen molar-refractivity contribution in [2.75, 3.05) is 7.11 Å². The van der Waals surface area contributed by atoms with E-state index >= 15 is 0 Å². The number of rotatable bonds is 6. The van der Waals surface area contributed by atoms with Gasteiger partial charge in [0.2, 0.25) is 0 Å². The summed E-state index contributed by atoms with van der Waals surface area (Å²) in [5.41, 5.74) is 1.11. The molecule has 0 unspecified atom stereocenters. The second-order valence-electron chi connectivity index (χ2n) is 4.90. The zero-order chi connectivity index (χ0) is 16.8. The van der Waals surface area contributed by atoms with Crippen molar-refractivity contribution in [2.45, 2.75) is 12.5 Å². The van der Waals surface area contributed by atoms with Crippen LogP contribution < -0.4 is 4.74 Å². The Balaban J connectivity index is 2.19. The normalized spacial score (nSPS) is 12.2. The predicted octanol–water partition coefficient (Wildman–Crippen LogP) is 2.22. The van der Waals surface area contributed by atoms with E-state index < -0.39 is 12.0 Å². The molecule has 6 nitrogen and oxygen atoms in total. The fourth-order valence-corrected chi connectivity index (χ4v) is 2.04. The molecule has 2 aromatic rings. The Hall–Kier alpha value is -3.02. The minimum atomic E-state index is -1.07. The van der Waals surface area contributed by atoms with Crippen molar-refractivity contribution in [1.29, 1.82) is 0 Å². The van der Waals surface area contributed by atoms with Gasteiger partial charge in [-0.2, -0.15) is 0 Å². The molecule has 0 saturated carbocycles. The maximum Gasteiger partial charge on any atom is 0.328 e. The zero-order valence-electron chi connectivity index (χ0n) is 12.5. The highest BCUT2D eigenvalue weighted by molar-refractivity contribution is 5.87. The number of carbonyl (C=O) groups is 1. The summed E-state index contributed by atoms with van der Waals surface area (Å²) in [6.45, 7) is 0. The van der Waals surface area contributed by atoms with Crippen LogP contribution in [-0.4, -0.2) is 40.7 Å². The lowest BCUT2D eigenvalue weighted by molar-refractivity contribution is -0.138. The van der Waals surface area contributed by atoms with Gasteiger partial charge in [-0.15, -0.1) is 0 Å². The van der Waals surface area contributed by atoms with Crippen molar-refractivity contribution in [3.8, 4) is 17.2 Å². The molecule has 0 saturated heterocycles. The smallest absolute Gasteiger partial charge is 0.328 e. The molecule has 3 N–H and O–H groups in total. The molecule has 0 aliphatic carbocycles. The molecular weight excluding hydrogens is 298 g/mol. The van der Waals surface area contributed by atoms with Crippen molar-refractivity contribution in [3.05, 3.63) is 53.6 Å². The maximum absolute atomic E-state index is 11.3. The number of carboxylic acid groups (broad SMARTS) is 1. The van der Waals surface area contributed by atoms with Gasteiger partial charge in [-0.25, -0.2) is 4.79 Å². The van der Waals surface area contributed by atoms with Crippen molar-refractivity contribution in [1.82, 2.24) is 0 Å². The summed E-state index contributed by atoms with van der Waals surface area (Å²) >= 11 is 0. The van der Waals surface area contributed by atoms with Crippen LogP contribution in [0, 0.1) is 0 Å². The molecule has 2 aromatic carbocycles. The first-order valence-corrected chi connectivity index (χ1v) is 6.91. The SMILES string of the molecule is COc1cccc(C=N[C@H](Cc2ccc(O)cc2)C(=O)O)c1O. The van der Waals surface area contributed by atoms with Gasteiger partial charge in [0.15, 0.2) is 17.5 Å². The van der Waals surface area contributed by atoms with Gasteiger partial charge in [-0.1, -0.05) is 18.2 Å². The van der Waals surface area contributed by atoms with E-state index in [4.69, 9.17) is 4.74 Å². The molecule has 0 aliphatic rings. The molecule has 2 rings (SSSR count). The van der Waals surface area contributed by atoms with Gasteiger partial charge in [-0.05, 0) is 29.8 Å². The highest BCUT2D eigenvalue weighted by Crippen LogP contribution is 2.28. The van der Waals surface area contributed by atoms with Gasteiger partial charge < -0.3 is 20.1 Å². The molecule has 0 spiro atoms. The van der Waals surface area contributed by atoms with Gasteiger partial charge in [0.05, 0.1) is 7.11 Å². The third kappa shape index (κ3) is 4.23. The van der Waals surface area contributed by atoms with Crippen molar-refractivity contribution in [2.24, 2.45) is 4.99 Å². The third-order valence-electron chi connectivity index (χ3n) is 3.29. The fraction of sp³-hybridized carbons (Fsp3) is 0.176. The number of nitrogens with zero attached hydrogens (tertiary/aromatic N) is 1. The van der Waals surface area contributed by atoms with E-state index in [1.54, 1.807) is 30.3 Å². The van der Waals surface area contributed by atoms with Crippen molar-refractivity contribution < 1.29 is 24.9 Å². The lowest BCUT2D eigenvalue weighted by Crippen LogP contribution is -2.20. The van der Waals surface area contributed by atoms with E-state index in [1.807, 2.05) is 0 Å². The largest absolute Gasteiger partial charge is 0.508 e. The van der Waals surface area contributed by atoms with Crippen LogP contribution >= 0.6 is 0 Å². The molecule has 120 valence electrons.